The Labute approximate surface area is 80.0 Å². The molecule has 0 rings (SSSR count). The van der Waals surface area contributed by atoms with E-state index in [-0.39, 0.29) is 17.9 Å². The summed E-state index contributed by atoms with van der Waals surface area (Å²) in [6, 6.07) is 0. The van der Waals surface area contributed by atoms with Crippen LogP contribution in [0.15, 0.2) is 0 Å². The molecular formula is C9H20N2O2. The van der Waals surface area contributed by atoms with Crippen LogP contribution < -0.4 is 10.6 Å². The van der Waals surface area contributed by atoms with Crippen molar-refractivity contribution in [2.45, 2.75) is 20.8 Å². The zero-order valence-electron chi connectivity index (χ0n) is 8.94. The van der Waals surface area contributed by atoms with Crippen molar-refractivity contribution in [3.05, 3.63) is 0 Å². The van der Waals surface area contributed by atoms with Crippen LogP contribution in [0.1, 0.15) is 20.8 Å². The molecule has 0 heterocycles. The maximum absolute atomic E-state index is 11.0. The van der Waals surface area contributed by atoms with Gasteiger partial charge in [-0.05, 0) is 12.5 Å². The highest BCUT2D eigenvalue weighted by Gasteiger charge is 2.10. The van der Waals surface area contributed by atoms with E-state index in [1.165, 1.54) is 0 Å². The fourth-order valence-corrected chi connectivity index (χ4v) is 0.688. The third kappa shape index (κ3) is 9.30. The Kier molecular flexibility index (Phi) is 5.66. The standard InChI is InChI=1S/C9H20N2O2/c1-9(2,3)6-13-5-8(12)11-7-10-4/h10H,5-7H2,1-4H3,(H,11,12). The second-order valence-corrected chi connectivity index (χ2v) is 4.18. The van der Waals surface area contributed by atoms with Crippen LogP contribution in [0.5, 0.6) is 0 Å². The number of hydrogen-bond donors (Lipinski definition) is 2. The molecule has 0 atom stereocenters. The van der Waals surface area contributed by atoms with E-state index < -0.39 is 0 Å². The van der Waals surface area contributed by atoms with E-state index in [2.05, 4.69) is 31.4 Å². The highest BCUT2D eigenvalue weighted by molar-refractivity contribution is 5.77. The fourth-order valence-electron chi connectivity index (χ4n) is 0.688. The van der Waals surface area contributed by atoms with E-state index in [0.29, 0.717) is 13.3 Å². The molecule has 0 spiro atoms. The third-order valence-electron chi connectivity index (χ3n) is 1.23. The van der Waals surface area contributed by atoms with Crippen molar-refractivity contribution < 1.29 is 9.53 Å². The minimum atomic E-state index is -0.0846. The molecule has 0 aliphatic rings. The van der Waals surface area contributed by atoms with Gasteiger partial charge in [-0.2, -0.15) is 0 Å². The average molecular weight is 188 g/mol. The molecule has 0 aliphatic heterocycles. The quantitative estimate of drug-likeness (QED) is 0.612. The molecule has 4 heteroatoms. The van der Waals surface area contributed by atoms with E-state index >= 15 is 0 Å². The summed E-state index contributed by atoms with van der Waals surface area (Å²) in [6.07, 6.45) is 0. The van der Waals surface area contributed by atoms with Crippen LogP contribution in [0.3, 0.4) is 0 Å². The number of amides is 1. The second kappa shape index (κ2) is 5.94. The minimum Gasteiger partial charge on any atom is -0.371 e. The Morgan fingerprint density at radius 3 is 2.46 bits per heavy atom. The molecule has 0 aromatic heterocycles. The molecule has 0 aromatic rings. The first kappa shape index (κ1) is 12.4. The molecule has 0 radical (unpaired) electrons. The van der Waals surface area contributed by atoms with Crippen molar-refractivity contribution in [1.29, 1.82) is 0 Å². The SMILES string of the molecule is CNCNC(=O)COCC(C)(C)C. The Bertz CT molecular complexity index is 152. The number of nitrogens with one attached hydrogen (secondary N) is 2. The summed E-state index contributed by atoms with van der Waals surface area (Å²) in [5, 5.41) is 5.46. The zero-order valence-corrected chi connectivity index (χ0v) is 8.94. The van der Waals surface area contributed by atoms with Gasteiger partial charge < -0.3 is 15.4 Å². The predicted octanol–water partition coefficient (Wildman–Crippen LogP) is 0.342. The lowest BCUT2D eigenvalue weighted by Crippen LogP contribution is -2.35. The van der Waals surface area contributed by atoms with Crippen molar-refractivity contribution in [2.75, 3.05) is 26.9 Å². The monoisotopic (exact) mass is 188 g/mol. The van der Waals surface area contributed by atoms with Gasteiger partial charge in [-0.25, -0.2) is 0 Å². The van der Waals surface area contributed by atoms with E-state index in [1.807, 2.05) is 0 Å². The molecule has 0 aliphatic carbocycles. The van der Waals surface area contributed by atoms with Gasteiger partial charge in [-0.15, -0.1) is 0 Å². The normalized spacial score (nSPS) is 11.4. The fraction of sp³-hybridized carbons (Fsp3) is 0.889. The molecule has 0 fully saturated rings. The highest BCUT2D eigenvalue weighted by atomic mass is 16.5. The van der Waals surface area contributed by atoms with Crippen LogP contribution in [-0.2, 0) is 9.53 Å². The summed E-state index contributed by atoms with van der Waals surface area (Å²) in [7, 11) is 1.77. The molecule has 0 saturated heterocycles. The second-order valence-electron chi connectivity index (χ2n) is 4.18. The number of hydrogen-bond acceptors (Lipinski definition) is 3. The molecule has 0 saturated carbocycles. The number of carbonyl (C=O) groups excluding carboxylic acids is 1. The van der Waals surface area contributed by atoms with Crippen LogP contribution in [0.25, 0.3) is 0 Å². The molecule has 0 bridgehead atoms. The van der Waals surface area contributed by atoms with Gasteiger partial charge in [0, 0.05) is 0 Å². The van der Waals surface area contributed by atoms with Crippen molar-refractivity contribution in [3.8, 4) is 0 Å². The van der Waals surface area contributed by atoms with Crippen molar-refractivity contribution in [1.82, 2.24) is 10.6 Å². The summed E-state index contributed by atoms with van der Waals surface area (Å²) in [5.41, 5.74) is 0.114. The molecule has 0 unspecified atom stereocenters. The van der Waals surface area contributed by atoms with Gasteiger partial charge in [0.25, 0.3) is 0 Å². The third-order valence-corrected chi connectivity index (χ3v) is 1.23. The lowest BCUT2D eigenvalue weighted by atomic mass is 9.99. The largest absolute Gasteiger partial charge is 0.371 e. The minimum absolute atomic E-state index is 0.0846. The van der Waals surface area contributed by atoms with E-state index in [0.717, 1.165) is 0 Å². The maximum atomic E-state index is 11.0. The Hall–Kier alpha value is -0.610. The van der Waals surface area contributed by atoms with Gasteiger partial charge in [-0.1, -0.05) is 20.8 Å². The van der Waals surface area contributed by atoms with Gasteiger partial charge in [0.15, 0.2) is 0 Å². The van der Waals surface area contributed by atoms with Crippen LogP contribution in [-0.4, -0.2) is 32.8 Å². The van der Waals surface area contributed by atoms with Crippen LogP contribution in [0, 0.1) is 5.41 Å². The van der Waals surface area contributed by atoms with Gasteiger partial charge in [0.1, 0.15) is 6.61 Å². The average Bonchev–Trinajstić information content (AvgIpc) is 1.98. The van der Waals surface area contributed by atoms with Crippen LogP contribution in [0.2, 0.25) is 0 Å². The molecule has 0 aromatic carbocycles. The van der Waals surface area contributed by atoms with Gasteiger partial charge in [-0.3, -0.25) is 4.79 Å². The summed E-state index contributed by atoms with van der Waals surface area (Å²) in [6.45, 7) is 7.42. The number of rotatable bonds is 5. The molecule has 13 heavy (non-hydrogen) atoms. The van der Waals surface area contributed by atoms with Crippen molar-refractivity contribution >= 4 is 5.91 Å². The Morgan fingerprint density at radius 1 is 1.38 bits per heavy atom. The van der Waals surface area contributed by atoms with Gasteiger partial charge in [0.05, 0.1) is 13.3 Å². The molecular weight excluding hydrogens is 168 g/mol. The molecule has 2 N–H and O–H groups in total. The Morgan fingerprint density at radius 2 is 2.00 bits per heavy atom. The van der Waals surface area contributed by atoms with E-state index in [1.54, 1.807) is 7.05 Å². The van der Waals surface area contributed by atoms with E-state index in [9.17, 15) is 4.79 Å². The molecule has 4 nitrogen and oxygen atoms in total. The summed E-state index contributed by atoms with van der Waals surface area (Å²) in [4.78, 5) is 11.0. The smallest absolute Gasteiger partial charge is 0.246 e. The lowest BCUT2D eigenvalue weighted by molar-refractivity contribution is -0.126. The Balaban J connectivity index is 3.37. The van der Waals surface area contributed by atoms with Crippen LogP contribution in [0.4, 0.5) is 0 Å². The van der Waals surface area contributed by atoms with Crippen molar-refractivity contribution in [3.63, 3.8) is 0 Å². The van der Waals surface area contributed by atoms with Crippen LogP contribution >= 0.6 is 0 Å². The van der Waals surface area contributed by atoms with E-state index in [4.69, 9.17) is 4.74 Å². The first-order valence-electron chi connectivity index (χ1n) is 4.45. The highest BCUT2D eigenvalue weighted by Crippen LogP contribution is 2.12. The maximum Gasteiger partial charge on any atom is 0.246 e. The first-order valence-corrected chi connectivity index (χ1v) is 4.45. The summed E-state index contributed by atoms with van der Waals surface area (Å²) in [5.74, 6) is -0.0846. The van der Waals surface area contributed by atoms with Gasteiger partial charge >= 0.3 is 0 Å². The van der Waals surface area contributed by atoms with Gasteiger partial charge in [0.2, 0.25) is 5.91 Å². The number of ether oxygens (including phenoxy) is 1. The van der Waals surface area contributed by atoms with Crippen molar-refractivity contribution in [2.24, 2.45) is 5.41 Å². The zero-order chi connectivity index (χ0) is 10.3. The topological polar surface area (TPSA) is 50.4 Å². The lowest BCUT2D eigenvalue weighted by Gasteiger charge is -2.17. The molecule has 78 valence electrons. The first-order chi connectivity index (χ1) is 5.95. The molecule has 1 amide bonds. The number of carbonyl (C=O) groups is 1. The predicted molar refractivity (Wildman–Crippen MR) is 52.3 cm³/mol. The summed E-state index contributed by atoms with van der Waals surface area (Å²) >= 11 is 0. The summed E-state index contributed by atoms with van der Waals surface area (Å²) < 4.78 is 5.22.